The summed E-state index contributed by atoms with van der Waals surface area (Å²) in [5, 5.41) is 0. The number of carbonyl (C=O) groups is 1. The molecule has 1 atom stereocenters. The lowest BCUT2D eigenvalue weighted by molar-refractivity contribution is -0.128. The molecule has 1 rings (SSSR count). The first kappa shape index (κ1) is 14.3. The maximum atomic E-state index is 13.2. The van der Waals surface area contributed by atoms with Crippen LogP contribution in [0.2, 0.25) is 0 Å². The molecule has 0 heterocycles. The number of rotatable bonds is 5. The molecule has 0 spiro atoms. The van der Waals surface area contributed by atoms with E-state index in [1.807, 2.05) is 0 Å². The van der Waals surface area contributed by atoms with E-state index in [4.69, 9.17) is 10.6 Å². The van der Waals surface area contributed by atoms with Crippen LogP contribution in [0.15, 0.2) is 24.3 Å². The van der Waals surface area contributed by atoms with Crippen molar-refractivity contribution in [2.24, 2.45) is 5.73 Å². The highest BCUT2D eigenvalue weighted by Gasteiger charge is 2.05. The van der Waals surface area contributed by atoms with Gasteiger partial charge in [-0.2, -0.15) is 0 Å². The summed E-state index contributed by atoms with van der Waals surface area (Å²) in [6.07, 6.45) is 2.01. The molecule has 1 aromatic rings. The fourth-order valence-corrected chi connectivity index (χ4v) is 1.11. The van der Waals surface area contributed by atoms with Crippen molar-refractivity contribution in [2.75, 3.05) is 6.61 Å². The molecule has 0 saturated heterocycles. The number of halogens is 2. The maximum absolute atomic E-state index is 13.2. The fraction of sp³-hybridized carbons (Fsp3) is 0.250. The number of nitrogens with one attached hydrogen (secondary N) is 1. The van der Waals surface area contributed by atoms with Crippen LogP contribution < -0.4 is 11.2 Å². The first-order valence-electron chi connectivity index (χ1n) is 5.30. The van der Waals surface area contributed by atoms with E-state index in [1.165, 1.54) is 6.07 Å². The van der Waals surface area contributed by atoms with Gasteiger partial charge in [-0.15, -0.1) is 0 Å². The van der Waals surface area contributed by atoms with Gasteiger partial charge in [0, 0.05) is 17.7 Å². The van der Waals surface area contributed by atoms with Crippen molar-refractivity contribution in [3.63, 3.8) is 0 Å². The molecule has 0 aliphatic carbocycles. The number of benzene rings is 1. The quantitative estimate of drug-likeness (QED) is 0.618. The molecule has 1 aromatic carbocycles. The molecule has 6 heteroatoms. The molecular weight excluding hydrogens is 242 g/mol. The van der Waals surface area contributed by atoms with Gasteiger partial charge in [-0.3, -0.25) is 9.63 Å². The molecule has 18 heavy (non-hydrogen) atoms. The van der Waals surface area contributed by atoms with Crippen molar-refractivity contribution >= 4 is 12.0 Å². The Morgan fingerprint density at radius 1 is 1.50 bits per heavy atom. The van der Waals surface area contributed by atoms with Gasteiger partial charge in [0.1, 0.15) is 11.6 Å². The van der Waals surface area contributed by atoms with Gasteiger partial charge in [0.15, 0.2) is 0 Å². The molecule has 0 saturated carbocycles. The first-order valence-corrected chi connectivity index (χ1v) is 5.30. The van der Waals surface area contributed by atoms with Crippen molar-refractivity contribution in [1.82, 2.24) is 5.48 Å². The zero-order chi connectivity index (χ0) is 13.5. The number of hydroxylamine groups is 1. The minimum Gasteiger partial charge on any atom is -0.326 e. The van der Waals surface area contributed by atoms with Crippen molar-refractivity contribution in [1.29, 1.82) is 0 Å². The summed E-state index contributed by atoms with van der Waals surface area (Å²) >= 11 is 0. The zero-order valence-corrected chi connectivity index (χ0v) is 9.82. The number of carbonyl (C=O) groups excluding carboxylic acids is 1. The standard InChI is InChI=1S/C12H14F2N2O2/c1-8(15)7-18-16-12(17)6-5-9-10(13)3-2-4-11(9)14/h2-6,8H,7,15H2,1H3,(H,16,17)/b6-5+/t8-/m0/s1. The summed E-state index contributed by atoms with van der Waals surface area (Å²) in [5.41, 5.74) is 7.18. The monoisotopic (exact) mass is 256 g/mol. The number of hydrogen-bond acceptors (Lipinski definition) is 3. The molecule has 0 aromatic heterocycles. The Morgan fingerprint density at radius 2 is 2.11 bits per heavy atom. The minimum absolute atomic E-state index is 0.146. The second-order valence-corrected chi connectivity index (χ2v) is 3.72. The Labute approximate surface area is 103 Å². The van der Waals surface area contributed by atoms with Crippen LogP contribution in [0.25, 0.3) is 6.08 Å². The van der Waals surface area contributed by atoms with Crippen LogP contribution in [0.5, 0.6) is 0 Å². The fourth-order valence-electron chi connectivity index (χ4n) is 1.11. The van der Waals surface area contributed by atoms with E-state index in [9.17, 15) is 13.6 Å². The smallest absolute Gasteiger partial charge is 0.267 e. The Morgan fingerprint density at radius 3 is 2.67 bits per heavy atom. The summed E-state index contributed by atoms with van der Waals surface area (Å²) in [7, 11) is 0. The Balaban J connectivity index is 2.56. The van der Waals surface area contributed by atoms with E-state index in [2.05, 4.69) is 5.48 Å². The molecular formula is C12H14F2N2O2. The average Bonchev–Trinajstić information content (AvgIpc) is 2.27. The summed E-state index contributed by atoms with van der Waals surface area (Å²) in [4.78, 5) is 16.0. The molecule has 0 radical (unpaired) electrons. The minimum atomic E-state index is -0.740. The Hall–Kier alpha value is -1.79. The lowest BCUT2D eigenvalue weighted by atomic mass is 10.2. The molecule has 0 unspecified atom stereocenters. The molecule has 0 fully saturated rings. The topological polar surface area (TPSA) is 64.3 Å². The molecule has 0 aliphatic heterocycles. The molecule has 3 N–H and O–H groups in total. The van der Waals surface area contributed by atoms with E-state index < -0.39 is 17.5 Å². The average molecular weight is 256 g/mol. The van der Waals surface area contributed by atoms with Gasteiger partial charge < -0.3 is 5.73 Å². The van der Waals surface area contributed by atoms with Crippen molar-refractivity contribution in [3.8, 4) is 0 Å². The highest BCUT2D eigenvalue weighted by atomic mass is 19.1. The van der Waals surface area contributed by atoms with E-state index in [0.717, 1.165) is 24.3 Å². The first-order chi connectivity index (χ1) is 8.50. The van der Waals surface area contributed by atoms with Gasteiger partial charge >= 0.3 is 0 Å². The van der Waals surface area contributed by atoms with Gasteiger partial charge in [0.2, 0.25) is 0 Å². The van der Waals surface area contributed by atoms with E-state index in [0.29, 0.717) is 0 Å². The highest BCUT2D eigenvalue weighted by Crippen LogP contribution is 2.13. The number of nitrogens with two attached hydrogens (primary N) is 1. The van der Waals surface area contributed by atoms with Gasteiger partial charge in [-0.05, 0) is 25.1 Å². The van der Waals surface area contributed by atoms with E-state index >= 15 is 0 Å². The summed E-state index contributed by atoms with van der Waals surface area (Å²) < 4.78 is 26.4. The Kier molecular flexibility index (Phi) is 5.41. The molecule has 0 bridgehead atoms. The van der Waals surface area contributed by atoms with Crippen LogP contribution in [-0.4, -0.2) is 18.6 Å². The van der Waals surface area contributed by atoms with Crippen LogP contribution in [0.1, 0.15) is 12.5 Å². The SMILES string of the molecule is C[C@H](N)CONC(=O)/C=C/c1c(F)cccc1F. The molecule has 1 amide bonds. The Bertz CT molecular complexity index is 427. The normalized spacial score (nSPS) is 12.7. The molecule has 0 aliphatic rings. The van der Waals surface area contributed by atoms with Gasteiger partial charge in [0.05, 0.1) is 6.61 Å². The molecule has 4 nitrogen and oxygen atoms in total. The van der Waals surface area contributed by atoms with Crippen LogP contribution in [0, 0.1) is 11.6 Å². The molecule has 98 valence electrons. The van der Waals surface area contributed by atoms with Gasteiger partial charge in [-0.1, -0.05) is 6.07 Å². The van der Waals surface area contributed by atoms with E-state index in [1.54, 1.807) is 6.92 Å². The predicted octanol–water partition coefficient (Wildman–Crippen LogP) is 1.37. The van der Waals surface area contributed by atoms with Crippen LogP contribution in [0.3, 0.4) is 0 Å². The highest BCUT2D eigenvalue weighted by molar-refractivity contribution is 5.91. The maximum Gasteiger partial charge on any atom is 0.267 e. The number of amides is 1. The van der Waals surface area contributed by atoms with Crippen molar-refractivity contribution in [2.45, 2.75) is 13.0 Å². The third-order valence-corrected chi connectivity index (χ3v) is 1.92. The summed E-state index contributed by atoms with van der Waals surface area (Å²) in [6, 6.07) is 3.23. The van der Waals surface area contributed by atoms with Crippen molar-refractivity contribution < 1.29 is 18.4 Å². The third kappa shape index (κ3) is 4.60. The predicted molar refractivity (Wildman–Crippen MR) is 63.1 cm³/mol. The zero-order valence-electron chi connectivity index (χ0n) is 9.82. The number of hydrogen-bond donors (Lipinski definition) is 2. The van der Waals surface area contributed by atoms with Gasteiger partial charge in [0.25, 0.3) is 5.91 Å². The van der Waals surface area contributed by atoms with Crippen LogP contribution in [0.4, 0.5) is 8.78 Å². The largest absolute Gasteiger partial charge is 0.326 e. The van der Waals surface area contributed by atoms with E-state index in [-0.39, 0.29) is 18.2 Å². The lowest BCUT2D eigenvalue weighted by Crippen LogP contribution is -2.29. The second-order valence-electron chi connectivity index (χ2n) is 3.72. The third-order valence-electron chi connectivity index (χ3n) is 1.92. The van der Waals surface area contributed by atoms with Crippen LogP contribution in [-0.2, 0) is 9.63 Å². The summed E-state index contributed by atoms with van der Waals surface area (Å²) in [5.74, 6) is -2.11. The summed E-state index contributed by atoms with van der Waals surface area (Å²) in [6.45, 7) is 1.85. The van der Waals surface area contributed by atoms with Crippen LogP contribution >= 0.6 is 0 Å². The van der Waals surface area contributed by atoms with Crippen molar-refractivity contribution in [3.05, 3.63) is 41.5 Å². The lowest BCUT2D eigenvalue weighted by Gasteiger charge is -2.05. The van der Waals surface area contributed by atoms with Gasteiger partial charge in [-0.25, -0.2) is 14.3 Å². The second kappa shape index (κ2) is 6.83.